The van der Waals surface area contributed by atoms with E-state index in [1.807, 2.05) is 26.0 Å². The van der Waals surface area contributed by atoms with Crippen LogP contribution in [0, 0.1) is 5.92 Å². The topological polar surface area (TPSA) is 108 Å². The van der Waals surface area contributed by atoms with Gasteiger partial charge in [0, 0.05) is 5.56 Å². The van der Waals surface area contributed by atoms with E-state index in [-0.39, 0.29) is 42.2 Å². The van der Waals surface area contributed by atoms with Crippen LogP contribution in [0.25, 0.3) is 0 Å². The van der Waals surface area contributed by atoms with E-state index in [9.17, 15) is 19.2 Å². The molecule has 2 fully saturated rings. The molecule has 2 heterocycles. The third-order valence-corrected chi connectivity index (χ3v) is 6.30. The number of Topliss-reactive ketones (excluding diaryl/α,β-unsaturated/α-hetero) is 1. The fraction of sp³-hybridized carbons (Fsp3) is 0.630. The van der Waals surface area contributed by atoms with Gasteiger partial charge in [0.1, 0.15) is 17.7 Å². The molecule has 2 N–H and O–H groups in total. The summed E-state index contributed by atoms with van der Waals surface area (Å²) in [6, 6.07) is 5.19. The number of amides is 3. The van der Waals surface area contributed by atoms with Crippen LogP contribution >= 0.6 is 0 Å². The van der Waals surface area contributed by atoms with Crippen LogP contribution in [-0.4, -0.2) is 70.5 Å². The van der Waals surface area contributed by atoms with Crippen LogP contribution in [0.1, 0.15) is 77.7 Å². The Kier molecular flexibility index (Phi) is 7.83. The molecular weight excluding hydrogens is 460 g/mol. The molecule has 3 amide bonds. The molecule has 9 heteroatoms. The molecule has 1 aromatic rings. The maximum atomic E-state index is 13.9. The largest absolute Gasteiger partial charge is 0.442 e. The molecule has 0 radical (unpaired) electrons. The fourth-order valence-electron chi connectivity index (χ4n) is 4.52. The highest BCUT2D eigenvalue weighted by Gasteiger charge is 2.53. The zero-order valence-corrected chi connectivity index (χ0v) is 22.7. The Morgan fingerprint density at radius 1 is 1.08 bits per heavy atom. The second-order valence-electron chi connectivity index (χ2n) is 12.1. The van der Waals surface area contributed by atoms with Crippen molar-refractivity contribution in [3.63, 3.8) is 0 Å². The van der Waals surface area contributed by atoms with E-state index in [0.29, 0.717) is 12.0 Å². The molecule has 3 atom stereocenters. The molecule has 0 saturated carbocycles. The molecule has 1 aromatic carbocycles. The summed E-state index contributed by atoms with van der Waals surface area (Å²) in [5.41, 5.74) is 0.708. The van der Waals surface area contributed by atoms with Gasteiger partial charge in [0.05, 0.1) is 19.1 Å². The van der Waals surface area contributed by atoms with Crippen molar-refractivity contribution in [1.29, 1.82) is 0 Å². The lowest BCUT2D eigenvalue weighted by atomic mass is 9.86. The molecule has 0 spiro atoms. The van der Waals surface area contributed by atoms with Crippen molar-refractivity contribution in [2.75, 3.05) is 13.1 Å². The predicted molar refractivity (Wildman–Crippen MR) is 136 cm³/mol. The van der Waals surface area contributed by atoms with Gasteiger partial charge < -0.3 is 15.4 Å². The number of carbonyl (C=O) groups excluding carboxylic acids is 4. The van der Waals surface area contributed by atoms with E-state index in [0.717, 1.165) is 5.56 Å². The first-order valence-electron chi connectivity index (χ1n) is 12.6. The molecular formula is C27H40N4O5. The van der Waals surface area contributed by atoms with Gasteiger partial charge in [-0.15, -0.1) is 0 Å². The van der Waals surface area contributed by atoms with E-state index >= 15 is 0 Å². The summed E-state index contributed by atoms with van der Waals surface area (Å²) in [5, 5.41) is 8.35. The Morgan fingerprint density at radius 2 is 1.69 bits per heavy atom. The Balaban J connectivity index is 1.87. The smallest absolute Gasteiger partial charge is 0.429 e. The monoisotopic (exact) mass is 500 g/mol. The number of hydrogen-bond donors (Lipinski definition) is 2. The van der Waals surface area contributed by atoms with Crippen molar-refractivity contribution >= 4 is 23.7 Å². The molecule has 0 unspecified atom stereocenters. The van der Waals surface area contributed by atoms with E-state index < -0.39 is 29.7 Å². The molecule has 2 aliphatic heterocycles. The normalized spacial score (nSPS) is 21.0. The number of nitrogens with zero attached hydrogens (tertiary/aromatic N) is 2. The van der Waals surface area contributed by atoms with Gasteiger partial charge in [0.25, 0.3) is 11.8 Å². The molecule has 0 aliphatic carbocycles. The summed E-state index contributed by atoms with van der Waals surface area (Å²) in [6.07, 6.45) is -0.352. The number of fused-ring (bicyclic) bond motifs is 1. The van der Waals surface area contributed by atoms with Crippen molar-refractivity contribution in [2.45, 2.75) is 91.0 Å². The highest BCUT2D eigenvalue weighted by atomic mass is 16.6. The number of nitrogens with one attached hydrogen (secondary N) is 2. The first-order valence-corrected chi connectivity index (χ1v) is 12.6. The van der Waals surface area contributed by atoms with Crippen molar-refractivity contribution in [3.05, 3.63) is 35.4 Å². The van der Waals surface area contributed by atoms with E-state index in [1.165, 1.54) is 10.0 Å². The van der Waals surface area contributed by atoms with Crippen molar-refractivity contribution in [2.24, 2.45) is 5.92 Å². The number of carbonyl (C=O) groups is 4. The van der Waals surface area contributed by atoms with Gasteiger partial charge in [-0.2, -0.15) is 0 Å². The summed E-state index contributed by atoms with van der Waals surface area (Å²) in [4.78, 5) is 52.7. The lowest BCUT2D eigenvalue weighted by Gasteiger charge is -2.35. The molecule has 3 rings (SSSR count). The standard InChI is InChI=1S/C27H40N4O5/c1-16(2)13-19(29-23(33)17-9-11-18(12-10-17)26(3,4)5)24(34)31-22-20(28-14-21(22)32)15-30(31)25(35)36-27(6,7)8/h9-12,16,19-20,22,28H,13-15H2,1-8H3,(H,29,33)/t19-,20+,22-/m0/s1. The average Bonchev–Trinajstić information content (AvgIpc) is 3.30. The molecule has 36 heavy (non-hydrogen) atoms. The maximum Gasteiger partial charge on any atom is 0.429 e. The van der Waals surface area contributed by atoms with Crippen molar-refractivity contribution < 1.29 is 23.9 Å². The highest BCUT2D eigenvalue weighted by Crippen LogP contribution is 2.28. The number of ether oxygens (including phenoxy) is 1. The quantitative estimate of drug-likeness (QED) is 0.644. The second-order valence-corrected chi connectivity index (χ2v) is 12.1. The van der Waals surface area contributed by atoms with Gasteiger partial charge in [-0.25, -0.2) is 14.8 Å². The molecule has 2 saturated heterocycles. The summed E-state index contributed by atoms with van der Waals surface area (Å²) < 4.78 is 5.52. The van der Waals surface area contributed by atoms with Gasteiger partial charge in [0.2, 0.25) is 0 Å². The van der Waals surface area contributed by atoms with Crippen molar-refractivity contribution in [3.8, 4) is 0 Å². The summed E-state index contributed by atoms with van der Waals surface area (Å²) in [7, 11) is 0. The first kappa shape index (κ1) is 27.6. The van der Waals surface area contributed by atoms with Crippen LogP contribution in [0.2, 0.25) is 0 Å². The second kappa shape index (κ2) is 10.2. The zero-order valence-electron chi connectivity index (χ0n) is 22.7. The average molecular weight is 501 g/mol. The van der Waals surface area contributed by atoms with Crippen LogP contribution in [0.4, 0.5) is 4.79 Å². The Bertz CT molecular complexity index is 1010. The number of hydrazine groups is 1. The maximum absolute atomic E-state index is 13.9. The third kappa shape index (κ3) is 6.24. The van der Waals surface area contributed by atoms with Gasteiger partial charge in [-0.3, -0.25) is 14.4 Å². The lowest BCUT2D eigenvalue weighted by Crippen LogP contribution is -2.58. The van der Waals surface area contributed by atoms with Crippen LogP contribution < -0.4 is 10.6 Å². The number of benzene rings is 1. The van der Waals surface area contributed by atoms with Crippen LogP contribution in [0.15, 0.2) is 24.3 Å². The molecule has 0 bridgehead atoms. The van der Waals surface area contributed by atoms with E-state index in [4.69, 9.17) is 4.74 Å². The van der Waals surface area contributed by atoms with E-state index in [1.54, 1.807) is 32.9 Å². The SMILES string of the molecule is CC(C)C[C@H](NC(=O)c1ccc(C(C)(C)C)cc1)C(=O)N1[C@@H]2C(=O)CN[C@@H]2CN1C(=O)OC(C)(C)C. The van der Waals surface area contributed by atoms with Gasteiger partial charge in [0.15, 0.2) is 5.78 Å². The molecule has 2 aliphatic rings. The Morgan fingerprint density at radius 3 is 2.22 bits per heavy atom. The first-order chi connectivity index (χ1) is 16.6. The fourth-order valence-corrected chi connectivity index (χ4v) is 4.52. The van der Waals surface area contributed by atoms with E-state index in [2.05, 4.69) is 31.4 Å². The Labute approximate surface area is 213 Å². The number of rotatable bonds is 5. The molecule has 198 valence electrons. The summed E-state index contributed by atoms with van der Waals surface area (Å²) >= 11 is 0. The van der Waals surface area contributed by atoms with Gasteiger partial charge in [-0.1, -0.05) is 46.8 Å². The highest BCUT2D eigenvalue weighted by molar-refractivity contribution is 6.00. The predicted octanol–water partition coefficient (Wildman–Crippen LogP) is 3.03. The third-order valence-electron chi connectivity index (χ3n) is 6.30. The van der Waals surface area contributed by atoms with Crippen LogP contribution in [0.3, 0.4) is 0 Å². The molecule has 9 nitrogen and oxygen atoms in total. The Hall–Kier alpha value is -2.94. The van der Waals surface area contributed by atoms with Crippen LogP contribution in [0.5, 0.6) is 0 Å². The zero-order chi connectivity index (χ0) is 27.0. The number of ketones is 1. The van der Waals surface area contributed by atoms with Gasteiger partial charge >= 0.3 is 6.09 Å². The van der Waals surface area contributed by atoms with Crippen LogP contribution in [-0.2, 0) is 19.7 Å². The summed E-state index contributed by atoms with van der Waals surface area (Å²) in [5.74, 6) is -0.983. The van der Waals surface area contributed by atoms with Gasteiger partial charge in [-0.05, 0) is 56.2 Å². The number of hydrogen-bond acceptors (Lipinski definition) is 6. The summed E-state index contributed by atoms with van der Waals surface area (Å²) in [6.45, 7) is 15.7. The minimum Gasteiger partial charge on any atom is -0.442 e. The minimum absolute atomic E-state index is 0.0512. The minimum atomic E-state index is -0.920. The lowest BCUT2D eigenvalue weighted by molar-refractivity contribution is -0.152. The van der Waals surface area contributed by atoms with Crippen molar-refractivity contribution in [1.82, 2.24) is 20.7 Å². The molecule has 0 aromatic heterocycles.